The van der Waals surface area contributed by atoms with Gasteiger partial charge in [0.25, 0.3) is 0 Å². The van der Waals surface area contributed by atoms with E-state index < -0.39 is 10.0 Å². The molecule has 1 aliphatic carbocycles. The molecule has 4 heteroatoms. The molecule has 0 spiro atoms. The lowest BCUT2D eigenvalue weighted by Gasteiger charge is -2.33. The molecule has 0 radical (unpaired) electrons. The number of sulfonamides is 1. The summed E-state index contributed by atoms with van der Waals surface area (Å²) in [6.07, 6.45) is 10.9. The number of hydrogen-bond donors (Lipinski definition) is 1. The maximum Gasteiger partial charge on any atom is 0.209 e. The highest BCUT2D eigenvalue weighted by Crippen LogP contribution is 2.39. The molecule has 1 saturated carbocycles. The minimum atomic E-state index is -3.24. The Morgan fingerprint density at radius 1 is 1.06 bits per heavy atom. The van der Waals surface area contributed by atoms with Crippen LogP contribution < -0.4 is 5.14 Å². The Balaban J connectivity index is 2.10. The van der Waals surface area contributed by atoms with Gasteiger partial charge in [-0.15, -0.1) is 0 Å². The third-order valence-corrected chi connectivity index (χ3v) is 4.63. The molecular weight excluding hydrogens is 222 g/mol. The molecule has 0 heterocycles. The first-order valence-corrected chi connectivity index (χ1v) is 8.13. The molecule has 0 aromatic rings. The summed E-state index contributed by atoms with van der Waals surface area (Å²) in [5.74, 6) is 0.143. The second kappa shape index (κ2) is 6.01. The van der Waals surface area contributed by atoms with Crippen molar-refractivity contribution in [2.75, 3.05) is 5.75 Å². The Kier molecular flexibility index (Phi) is 5.25. The lowest BCUT2D eigenvalue weighted by molar-refractivity contribution is 0.193. The number of nitrogens with two attached hydrogens (primary N) is 1. The van der Waals surface area contributed by atoms with Gasteiger partial charge in [0, 0.05) is 0 Å². The lowest BCUT2D eigenvalue weighted by Crippen LogP contribution is -2.20. The fourth-order valence-electron chi connectivity index (χ4n) is 2.69. The van der Waals surface area contributed by atoms with E-state index in [9.17, 15) is 8.42 Å². The molecule has 0 aliphatic heterocycles. The fourth-order valence-corrected chi connectivity index (χ4v) is 3.29. The van der Waals surface area contributed by atoms with Gasteiger partial charge in [0.05, 0.1) is 5.75 Å². The molecule has 0 bridgehead atoms. The van der Waals surface area contributed by atoms with Gasteiger partial charge in [-0.25, -0.2) is 13.6 Å². The van der Waals surface area contributed by atoms with Gasteiger partial charge in [0.2, 0.25) is 10.0 Å². The normalized spacial score (nSPS) is 20.9. The van der Waals surface area contributed by atoms with E-state index in [1.54, 1.807) is 0 Å². The van der Waals surface area contributed by atoms with Gasteiger partial charge in [-0.1, -0.05) is 39.0 Å². The maximum atomic E-state index is 10.7. The van der Waals surface area contributed by atoms with Crippen LogP contribution >= 0.6 is 0 Å². The molecule has 0 aromatic carbocycles. The fraction of sp³-hybridized carbons (Fsp3) is 1.00. The molecule has 0 atom stereocenters. The molecule has 96 valence electrons. The second-order valence-electron chi connectivity index (χ2n) is 5.55. The molecule has 0 aromatic heterocycles. The highest BCUT2D eigenvalue weighted by atomic mass is 32.2. The summed E-state index contributed by atoms with van der Waals surface area (Å²) in [6, 6.07) is 0. The van der Waals surface area contributed by atoms with Crippen LogP contribution in [0.25, 0.3) is 0 Å². The van der Waals surface area contributed by atoms with Crippen molar-refractivity contribution in [2.24, 2.45) is 10.6 Å². The molecule has 0 amide bonds. The van der Waals surface area contributed by atoms with E-state index in [1.165, 1.54) is 38.5 Å². The Morgan fingerprint density at radius 2 is 1.69 bits per heavy atom. The molecule has 3 nitrogen and oxygen atoms in total. The van der Waals surface area contributed by atoms with Gasteiger partial charge < -0.3 is 0 Å². The SMILES string of the molecule is CC1(CCCCCS(N)(=O)=O)CCCCC1. The first-order chi connectivity index (χ1) is 7.41. The molecule has 1 rings (SSSR count). The molecule has 1 aliphatic rings. The Bertz CT molecular complexity index is 292. The summed E-state index contributed by atoms with van der Waals surface area (Å²) in [5, 5.41) is 4.96. The summed E-state index contributed by atoms with van der Waals surface area (Å²) < 4.78 is 21.5. The van der Waals surface area contributed by atoms with Crippen LogP contribution in [-0.4, -0.2) is 14.2 Å². The van der Waals surface area contributed by atoms with Gasteiger partial charge in [-0.3, -0.25) is 0 Å². The first kappa shape index (κ1) is 14.0. The van der Waals surface area contributed by atoms with E-state index in [0.29, 0.717) is 5.41 Å². The average Bonchev–Trinajstić information content (AvgIpc) is 2.16. The molecule has 0 saturated heterocycles. The van der Waals surface area contributed by atoms with Gasteiger partial charge in [-0.2, -0.15) is 0 Å². The average molecular weight is 247 g/mol. The predicted molar refractivity (Wildman–Crippen MR) is 67.6 cm³/mol. The van der Waals surface area contributed by atoms with E-state index in [0.717, 1.165) is 19.3 Å². The van der Waals surface area contributed by atoms with Crippen LogP contribution in [0, 0.1) is 5.41 Å². The quantitative estimate of drug-likeness (QED) is 0.734. The van der Waals surface area contributed by atoms with Gasteiger partial charge in [-0.05, 0) is 31.1 Å². The third-order valence-electron chi connectivity index (χ3n) is 3.77. The Labute approximate surface area is 99.8 Å². The topological polar surface area (TPSA) is 60.2 Å². The summed E-state index contributed by atoms with van der Waals surface area (Å²) in [4.78, 5) is 0. The van der Waals surface area contributed by atoms with Crippen LogP contribution in [0.1, 0.15) is 64.7 Å². The second-order valence-corrected chi connectivity index (χ2v) is 7.28. The van der Waals surface area contributed by atoms with Crippen molar-refractivity contribution in [3.8, 4) is 0 Å². The molecule has 2 N–H and O–H groups in total. The van der Waals surface area contributed by atoms with Gasteiger partial charge >= 0.3 is 0 Å². The minimum absolute atomic E-state index is 0.143. The third kappa shape index (κ3) is 5.85. The van der Waals surface area contributed by atoms with Crippen LogP contribution in [0.3, 0.4) is 0 Å². The maximum absolute atomic E-state index is 10.7. The van der Waals surface area contributed by atoms with Crippen LogP contribution in [0.5, 0.6) is 0 Å². The minimum Gasteiger partial charge on any atom is -0.229 e. The monoisotopic (exact) mass is 247 g/mol. The van der Waals surface area contributed by atoms with Crippen LogP contribution in [-0.2, 0) is 10.0 Å². The summed E-state index contributed by atoms with van der Waals surface area (Å²) in [6.45, 7) is 2.38. The van der Waals surface area contributed by atoms with Crippen molar-refractivity contribution >= 4 is 10.0 Å². The highest BCUT2D eigenvalue weighted by molar-refractivity contribution is 7.89. The largest absolute Gasteiger partial charge is 0.229 e. The van der Waals surface area contributed by atoms with Crippen molar-refractivity contribution in [2.45, 2.75) is 64.7 Å². The highest BCUT2D eigenvalue weighted by Gasteiger charge is 2.25. The molecule has 16 heavy (non-hydrogen) atoms. The van der Waals surface area contributed by atoms with E-state index in [1.807, 2.05) is 0 Å². The zero-order chi connectivity index (χ0) is 12.1. The van der Waals surface area contributed by atoms with Crippen LogP contribution in [0.2, 0.25) is 0 Å². The number of rotatable bonds is 6. The molecular formula is C12H25NO2S. The summed E-state index contributed by atoms with van der Waals surface area (Å²) in [5.41, 5.74) is 0.528. The Morgan fingerprint density at radius 3 is 2.25 bits per heavy atom. The van der Waals surface area contributed by atoms with E-state index in [-0.39, 0.29) is 5.75 Å². The first-order valence-electron chi connectivity index (χ1n) is 6.42. The smallest absolute Gasteiger partial charge is 0.209 e. The molecule has 0 unspecified atom stereocenters. The van der Waals surface area contributed by atoms with Crippen molar-refractivity contribution < 1.29 is 8.42 Å². The standard InChI is InChI=1S/C12H25NO2S/c1-12(8-4-2-5-9-12)10-6-3-7-11-16(13,14)15/h2-11H2,1H3,(H2,13,14,15). The Hall–Kier alpha value is -0.0900. The summed E-state index contributed by atoms with van der Waals surface area (Å²) in [7, 11) is -3.24. The molecule has 1 fully saturated rings. The lowest BCUT2D eigenvalue weighted by atomic mass is 9.72. The zero-order valence-corrected chi connectivity index (χ0v) is 11.2. The number of unbranched alkanes of at least 4 members (excludes halogenated alkanes) is 2. The van der Waals surface area contributed by atoms with Gasteiger partial charge in [0.15, 0.2) is 0 Å². The van der Waals surface area contributed by atoms with Crippen molar-refractivity contribution in [3.63, 3.8) is 0 Å². The van der Waals surface area contributed by atoms with Gasteiger partial charge in [0.1, 0.15) is 0 Å². The van der Waals surface area contributed by atoms with Crippen LogP contribution in [0.15, 0.2) is 0 Å². The zero-order valence-electron chi connectivity index (χ0n) is 10.4. The van der Waals surface area contributed by atoms with E-state index in [4.69, 9.17) is 5.14 Å². The number of primary sulfonamides is 1. The predicted octanol–water partition coefficient (Wildman–Crippen LogP) is 2.81. The number of hydrogen-bond acceptors (Lipinski definition) is 2. The van der Waals surface area contributed by atoms with E-state index in [2.05, 4.69) is 6.92 Å². The van der Waals surface area contributed by atoms with E-state index >= 15 is 0 Å². The summed E-state index contributed by atoms with van der Waals surface area (Å²) >= 11 is 0. The van der Waals surface area contributed by atoms with Crippen LogP contribution in [0.4, 0.5) is 0 Å². The van der Waals surface area contributed by atoms with Crippen molar-refractivity contribution in [1.82, 2.24) is 0 Å². The van der Waals surface area contributed by atoms with Crippen molar-refractivity contribution in [3.05, 3.63) is 0 Å². The van der Waals surface area contributed by atoms with Crippen molar-refractivity contribution in [1.29, 1.82) is 0 Å².